The Morgan fingerprint density at radius 3 is 2.84 bits per heavy atom. The predicted molar refractivity (Wildman–Crippen MR) is 101 cm³/mol. The lowest BCUT2D eigenvalue weighted by atomic mass is 10.2. The zero-order valence-corrected chi connectivity index (χ0v) is 15.6. The van der Waals surface area contributed by atoms with Crippen molar-refractivity contribution < 1.29 is 4.74 Å². The minimum absolute atomic E-state index is 0.333. The van der Waals surface area contributed by atoms with E-state index < -0.39 is 0 Å². The molecule has 1 unspecified atom stereocenters. The third kappa shape index (κ3) is 4.81. The number of hydrogen-bond acceptors (Lipinski definition) is 5. The van der Waals surface area contributed by atoms with Gasteiger partial charge in [-0.25, -0.2) is 0 Å². The SMILES string of the molecule is CN=C(NCc1ccnn1C)NCC(c1cccs1)N1CCOCC1. The second kappa shape index (κ2) is 8.98. The van der Waals surface area contributed by atoms with Gasteiger partial charge in [0.15, 0.2) is 5.96 Å². The lowest BCUT2D eigenvalue weighted by Crippen LogP contribution is -2.46. The molecule has 1 saturated heterocycles. The molecule has 2 aromatic rings. The number of rotatable bonds is 6. The van der Waals surface area contributed by atoms with E-state index >= 15 is 0 Å². The number of aromatic nitrogens is 2. The molecule has 7 nitrogen and oxygen atoms in total. The first-order valence-electron chi connectivity index (χ1n) is 8.54. The van der Waals surface area contributed by atoms with Gasteiger partial charge < -0.3 is 15.4 Å². The van der Waals surface area contributed by atoms with Crippen molar-refractivity contribution >= 4 is 17.3 Å². The molecule has 3 rings (SSSR count). The van der Waals surface area contributed by atoms with Gasteiger partial charge >= 0.3 is 0 Å². The van der Waals surface area contributed by atoms with Crippen LogP contribution in [-0.4, -0.2) is 60.5 Å². The van der Waals surface area contributed by atoms with E-state index in [0.717, 1.165) is 44.5 Å². The highest BCUT2D eigenvalue weighted by molar-refractivity contribution is 7.10. The van der Waals surface area contributed by atoms with Crippen molar-refractivity contribution in [3.05, 3.63) is 40.3 Å². The maximum atomic E-state index is 5.50. The highest BCUT2D eigenvalue weighted by atomic mass is 32.1. The van der Waals surface area contributed by atoms with Crippen LogP contribution in [0.3, 0.4) is 0 Å². The van der Waals surface area contributed by atoms with Crippen LogP contribution in [0.5, 0.6) is 0 Å². The molecule has 0 aromatic carbocycles. The quantitative estimate of drug-likeness (QED) is 0.597. The third-order valence-corrected chi connectivity index (χ3v) is 5.38. The van der Waals surface area contributed by atoms with E-state index in [1.54, 1.807) is 24.6 Å². The summed E-state index contributed by atoms with van der Waals surface area (Å²) in [5.74, 6) is 0.802. The van der Waals surface area contributed by atoms with Crippen LogP contribution in [0, 0.1) is 0 Å². The van der Waals surface area contributed by atoms with E-state index in [2.05, 4.69) is 43.1 Å². The van der Waals surface area contributed by atoms with Crippen molar-refractivity contribution in [2.24, 2.45) is 12.0 Å². The largest absolute Gasteiger partial charge is 0.379 e. The van der Waals surface area contributed by atoms with E-state index in [4.69, 9.17) is 4.74 Å². The van der Waals surface area contributed by atoms with E-state index in [1.807, 2.05) is 17.8 Å². The lowest BCUT2D eigenvalue weighted by Gasteiger charge is -2.34. The summed E-state index contributed by atoms with van der Waals surface area (Å²) in [5, 5.41) is 13.2. The van der Waals surface area contributed by atoms with Crippen LogP contribution in [0.4, 0.5) is 0 Å². The maximum absolute atomic E-state index is 5.50. The summed E-state index contributed by atoms with van der Waals surface area (Å²) in [7, 11) is 3.74. The maximum Gasteiger partial charge on any atom is 0.191 e. The summed E-state index contributed by atoms with van der Waals surface area (Å²) in [6, 6.07) is 6.66. The van der Waals surface area contributed by atoms with Crippen molar-refractivity contribution in [1.29, 1.82) is 0 Å². The average molecular weight is 363 g/mol. The van der Waals surface area contributed by atoms with Crippen LogP contribution in [-0.2, 0) is 18.3 Å². The minimum Gasteiger partial charge on any atom is -0.379 e. The van der Waals surface area contributed by atoms with Gasteiger partial charge in [-0.3, -0.25) is 14.6 Å². The first kappa shape index (κ1) is 17.9. The fraction of sp³-hybridized carbons (Fsp3) is 0.529. The minimum atomic E-state index is 0.333. The Morgan fingerprint density at radius 1 is 1.36 bits per heavy atom. The molecule has 3 heterocycles. The number of hydrogen-bond donors (Lipinski definition) is 2. The van der Waals surface area contributed by atoms with Crippen molar-refractivity contribution in [3.63, 3.8) is 0 Å². The first-order valence-corrected chi connectivity index (χ1v) is 9.42. The molecule has 0 radical (unpaired) electrons. The summed E-state index contributed by atoms with van der Waals surface area (Å²) in [6.07, 6.45) is 1.80. The molecular formula is C17H26N6OS. The van der Waals surface area contributed by atoms with Crippen LogP contribution in [0.25, 0.3) is 0 Å². The Bertz CT molecular complexity index is 662. The van der Waals surface area contributed by atoms with Crippen molar-refractivity contribution in [2.75, 3.05) is 39.9 Å². The van der Waals surface area contributed by atoms with Crippen LogP contribution in [0.1, 0.15) is 16.6 Å². The van der Waals surface area contributed by atoms with Crippen LogP contribution in [0.2, 0.25) is 0 Å². The van der Waals surface area contributed by atoms with Crippen molar-refractivity contribution in [2.45, 2.75) is 12.6 Å². The molecule has 1 fully saturated rings. The lowest BCUT2D eigenvalue weighted by molar-refractivity contribution is 0.0177. The van der Waals surface area contributed by atoms with Gasteiger partial charge in [0.2, 0.25) is 0 Å². The Balaban J connectivity index is 1.58. The molecule has 0 saturated carbocycles. The third-order valence-electron chi connectivity index (χ3n) is 4.40. The summed E-state index contributed by atoms with van der Waals surface area (Å²) < 4.78 is 7.37. The smallest absolute Gasteiger partial charge is 0.191 e. The van der Waals surface area contributed by atoms with Gasteiger partial charge in [-0.05, 0) is 17.5 Å². The van der Waals surface area contributed by atoms with Gasteiger partial charge in [-0.15, -0.1) is 11.3 Å². The summed E-state index contributed by atoms with van der Waals surface area (Å²) >= 11 is 1.80. The molecule has 0 bridgehead atoms. The number of guanidine groups is 1. The normalized spacial score (nSPS) is 17.4. The monoisotopic (exact) mass is 362 g/mol. The van der Waals surface area contributed by atoms with Gasteiger partial charge in [0, 0.05) is 44.8 Å². The Morgan fingerprint density at radius 2 is 2.20 bits per heavy atom. The number of aliphatic imine (C=N–C) groups is 1. The summed E-state index contributed by atoms with van der Waals surface area (Å²) in [6.45, 7) is 5.03. The van der Waals surface area contributed by atoms with E-state index in [0.29, 0.717) is 12.6 Å². The first-order chi connectivity index (χ1) is 12.3. The number of aryl methyl sites for hydroxylation is 1. The van der Waals surface area contributed by atoms with Crippen molar-refractivity contribution in [3.8, 4) is 0 Å². The molecule has 136 valence electrons. The Labute approximate surface area is 152 Å². The summed E-state index contributed by atoms with van der Waals surface area (Å²) in [4.78, 5) is 8.20. The molecule has 2 aromatic heterocycles. The highest BCUT2D eigenvalue weighted by Crippen LogP contribution is 2.25. The van der Waals surface area contributed by atoms with Gasteiger partial charge in [0.05, 0.1) is 31.5 Å². The van der Waals surface area contributed by atoms with Crippen LogP contribution >= 0.6 is 11.3 Å². The molecule has 25 heavy (non-hydrogen) atoms. The van der Waals surface area contributed by atoms with E-state index in [-0.39, 0.29) is 0 Å². The number of nitrogens with zero attached hydrogens (tertiary/aromatic N) is 4. The topological polar surface area (TPSA) is 66.7 Å². The fourth-order valence-electron chi connectivity index (χ4n) is 2.94. The Kier molecular flexibility index (Phi) is 6.43. The summed E-state index contributed by atoms with van der Waals surface area (Å²) in [5.41, 5.74) is 1.12. The number of ether oxygens (including phenoxy) is 1. The number of thiophene rings is 1. The zero-order chi connectivity index (χ0) is 17.5. The fourth-order valence-corrected chi connectivity index (χ4v) is 3.80. The van der Waals surface area contributed by atoms with Gasteiger partial charge in [-0.1, -0.05) is 6.07 Å². The molecule has 0 amide bonds. The molecule has 8 heteroatoms. The van der Waals surface area contributed by atoms with Gasteiger partial charge in [-0.2, -0.15) is 5.10 Å². The average Bonchev–Trinajstić information content (AvgIpc) is 3.31. The van der Waals surface area contributed by atoms with E-state index in [1.165, 1.54) is 4.88 Å². The van der Waals surface area contributed by atoms with Crippen LogP contribution in [0.15, 0.2) is 34.8 Å². The van der Waals surface area contributed by atoms with E-state index in [9.17, 15) is 0 Å². The molecule has 2 N–H and O–H groups in total. The van der Waals surface area contributed by atoms with Crippen LogP contribution < -0.4 is 10.6 Å². The van der Waals surface area contributed by atoms with Gasteiger partial charge in [0.25, 0.3) is 0 Å². The molecule has 0 aliphatic carbocycles. The number of morpholine rings is 1. The standard InChI is InChI=1S/C17H26N6OS/c1-18-17(19-12-14-5-6-21-22(14)2)20-13-15(16-4-3-11-25-16)23-7-9-24-10-8-23/h3-6,11,15H,7-10,12-13H2,1-2H3,(H2,18,19,20). The van der Waals surface area contributed by atoms with Gasteiger partial charge in [0.1, 0.15) is 0 Å². The molecule has 0 spiro atoms. The van der Waals surface area contributed by atoms with Crippen molar-refractivity contribution in [1.82, 2.24) is 25.3 Å². The second-order valence-electron chi connectivity index (χ2n) is 5.93. The molecule has 1 aliphatic heterocycles. The molecule has 1 aliphatic rings. The highest BCUT2D eigenvalue weighted by Gasteiger charge is 2.23. The molecule has 1 atom stereocenters. The predicted octanol–water partition coefficient (Wildman–Crippen LogP) is 1.22. The second-order valence-corrected chi connectivity index (χ2v) is 6.91. The molecular weight excluding hydrogens is 336 g/mol. The zero-order valence-electron chi connectivity index (χ0n) is 14.8. The number of nitrogens with one attached hydrogen (secondary N) is 2. The Hall–Kier alpha value is -1.90.